The van der Waals surface area contributed by atoms with Crippen LogP contribution in [0.1, 0.15) is 16.8 Å². The second kappa shape index (κ2) is 9.29. The highest BCUT2D eigenvalue weighted by Gasteiger charge is 2.16. The minimum absolute atomic E-state index is 0.0362. The number of carbonyl (C=O) groups excluding carboxylic acids is 1. The van der Waals surface area contributed by atoms with Crippen LogP contribution in [0.4, 0.5) is 0 Å². The van der Waals surface area contributed by atoms with E-state index in [0.717, 1.165) is 18.6 Å². The van der Waals surface area contributed by atoms with Gasteiger partial charge in [0.2, 0.25) is 0 Å². The molecule has 1 atom stereocenters. The molecular formula is C14H22O7Si. The number of hydrogen-bond acceptors (Lipinski definition) is 7. The number of ether oxygens (including phenoxy) is 2. The fraction of sp³-hybridized carbons (Fsp3) is 0.500. The summed E-state index contributed by atoms with van der Waals surface area (Å²) in [6.45, 7) is 2.60. The van der Waals surface area contributed by atoms with E-state index in [1.807, 2.05) is 0 Å². The molecule has 0 saturated carbocycles. The van der Waals surface area contributed by atoms with Gasteiger partial charge in [-0.25, -0.2) is 4.79 Å². The van der Waals surface area contributed by atoms with Gasteiger partial charge in [0.1, 0.15) is 12.7 Å². The van der Waals surface area contributed by atoms with Crippen molar-refractivity contribution in [2.75, 3.05) is 19.8 Å². The van der Waals surface area contributed by atoms with E-state index in [1.165, 1.54) is 6.04 Å². The Kier molecular flexibility index (Phi) is 7.71. The summed E-state index contributed by atoms with van der Waals surface area (Å²) < 4.78 is 10.1. The van der Waals surface area contributed by atoms with Crippen LogP contribution in [-0.2, 0) is 9.47 Å². The first-order chi connectivity index (χ1) is 10.5. The van der Waals surface area contributed by atoms with E-state index < -0.39 is 29.3 Å². The van der Waals surface area contributed by atoms with Crippen molar-refractivity contribution in [3.8, 4) is 17.2 Å². The predicted molar refractivity (Wildman–Crippen MR) is 82.4 cm³/mol. The second-order valence-electron chi connectivity index (χ2n) is 4.90. The van der Waals surface area contributed by atoms with Crippen LogP contribution in [0.15, 0.2) is 12.1 Å². The highest BCUT2D eigenvalue weighted by Crippen LogP contribution is 2.35. The zero-order valence-corrected chi connectivity index (χ0v) is 13.9. The van der Waals surface area contributed by atoms with E-state index in [9.17, 15) is 25.2 Å². The summed E-state index contributed by atoms with van der Waals surface area (Å²) in [5.74, 6) is -2.80. The van der Waals surface area contributed by atoms with Crippen LogP contribution >= 0.6 is 0 Å². The molecule has 22 heavy (non-hydrogen) atoms. The Hall–Kier alpha value is -1.77. The molecule has 124 valence electrons. The lowest BCUT2D eigenvalue weighted by Crippen LogP contribution is -2.24. The van der Waals surface area contributed by atoms with Gasteiger partial charge in [-0.05, 0) is 18.6 Å². The first-order valence-corrected chi connectivity index (χ1v) is 9.55. The van der Waals surface area contributed by atoms with Crippen molar-refractivity contribution in [2.24, 2.45) is 0 Å². The van der Waals surface area contributed by atoms with Crippen LogP contribution in [0, 0.1) is 0 Å². The van der Waals surface area contributed by atoms with Gasteiger partial charge >= 0.3 is 5.97 Å². The Morgan fingerprint density at radius 3 is 2.45 bits per heavy atom. The summed E-state index contributed by atoms with van der Waals surface area (Å²) in [6, 6.07) is 3.13. The molecule has 0 radical (unpaired) electrons. The number of carbonyl (C=O) groups is 1. The third-order valence-corrected chi connectivity index (χ3v) is 4.12. The van der Waals surface area contributed by atoms with Crippen LogP contribution < -0.4 is 0 Å². The molecule has 1 rings (SSSR count). The number of rotatable bonds is 9. The molecule has 0 saturated heterocycles. The minimum Gasteiger partial charge on any atom is -0.504 e. The number of esters is 1. The molecule has 0 aliphatic rings. The Morgan fingerprint density at radius 2 is 1.86 bits per heavy atom. The number of benzene rings is 1. The standard InChI is InChI=1S/C14H22O7Si/c1-22-4-2-3-20-7-10(15)8-21-14(19)9-5-11(16)13(18)12(17)6-9/h5-6,10,15-18H,2-4,7-8,22H2,1H3. The van der Waals surface area contributed by atoms with Gasteiger partial charge in [0.25, 0.3) is 0 Å². The number of aliphatic hydroxyl groups is 1. The first-order valence-electron chi connectivity index (χ1n) is 7.13. The lowest BCUT2D eigenvalue weighted by molar-refractivity contribution is -0.0107. The van der Waals surface area contributed by atoms with Crippen LogP contribution in [0.2, 0.25) is 12.6 Å². The van der Waals surface area contributed by atoms with E-state index in [1.54, 1.807) is 0 Å². The van der Waals surface area contributed by atoms with E-state index in [-0.39, 0.29) is 28.3 Å². The lowest BCUT2D eigenvalue weighted by Gasteiger charge is -2.12. The Morgan fingerprint density at radius 1 is 1.23 bits per heavy atom. The van der Waals surface area contributed by atoms with Gasteiger partial charge < -0.3 is 29.9 Å². The van der Waals surface area contributed by atoms with Gasteiger partial charge in [0, 0.05) is 16.1 Å². The van der Waals surface area contributed by atoms with Crippen molar-refractivity contribution in [1.29, 1.82) is 0 Å². The molecule has 1 aromatic carbocycles. The smallest absolute Gasteiger partial charge is 0.338 e. The van der Waals surface area contributed by atoms with Crippen molar-refractivity contribution in [1.82, 2.24) is 0 Å². The molecule has 0 bridgehead atoms. The predicted octanol–water partition coefficient (Wildman–Crippen LogP) is 0.363. The minimum atomic E-state index is -0.942. The molecule has 0 amide bonds. The molecular weight excluding hydrogens is 308 g/mol. The number of hydrogen-bond donors (Lipinski definition) is 4. The van der Waals surface area contributed by atoms with Gasteiger partial charge in [-0.2, -0.15) is 0 Å². The van der Waals surface area contributed by atoms with Crippen molar-refractivity contribution < 1.29 is 34.7 Å². The third kappa shape index (κ3) is 5.92. The quantitative estimate of drug-likeness (QED) is 0.224. The molecule has 4 N–H and O–H groups in total. The van der Waals surface area contributed by atoms with Crippen LogP contribution in [0.3, 0.4) is 0 Å². The SMILES string of the molecule is C[SiH2]CCCOCC(O)COC(=O)c1cc(O)c(O)c(O)c1. The molecule has 1 unspecified atom stereocenters. The Bertz CT molecular complexity index is 469. The molecule has 0 aromatic heterocycles. The highest BCUT2D eigenvalue weighted by atomic mass is 28.2. The van der Waals surface area contributed by atoms with Crippen molar-refractivity contribution >= 4 is 15.5 Å². The van der Waals surface area contributed by atoms with Crippen molar-refractivity contribution in [3.05, 3.63) is 17.7 Å². The highest BCUT2D eigenvalue weighted by molar-refractivity contribution is 6.33. The first kappa shape index (κ1) is 18.3. The Balaban J connectivity index is 2.36. The summed E-state index contributed by atoms with van der Waals surface area (Å²) in [4.78, 5) is 11.7. The molecule has 0 aliphatic carbocycles. The molecule has 0 aliphatic heterocycles. The maximum absolute atomic E-state index is 11.7. The van der Waals surface area contributed by atoms with E-state index in [0.29, 0.717) is 6.61 Å². The fourth-order valence-corrected chi connectivity index (χ4v) is 2.40. The summed E-state index contributed by atoms with van der Waals surface area (Å²) in [5.41, 5.74) is -0.131. The van der Waals surface area contributed by atoms with Gasteiger partial charge in [0.15, 0.2) is 17.2 Å². The monoisotopic (exact) mass is 330 g/mol. The molecule has 0 spiro atoms. The Labute approximate surface area is 130 Å². The number of phenols is 3. The maximum atomic E-state index is 11.7. The summed E-state index contributed by atoms with van der Waals surface area (Å²) in [7, 11) is 0.0362. The lowest BCUT2D eigenvalue weighted by atomic mass is 10.2. The average Bonchev–Trinajstić information content (AvgIpc) is 2.49. The van der Waals surface area contributed by atoms with Gasteiger partial charge in [-0.1, -0.05) is 12.6 Å². The molecule has 0 heterocycles. The summed E-state index contributed by atoms with van der Waals surface area (Å²) >= 11 is 0. The molecule has 8 heteroatoms. The molecule has 1 aromatic rings. The van der Waals surface area contributed by atoms with E-state index in [2.05, 4.69) is 6.55 Å². The van der Waals surface area contributed by atoms with Gasteiger partial charge in [0.05, 0.1) is 12.2 Å². The second-order valence-corrected chi connectivity index (χ2v) is 6.60. The van der Waals surface area contributed by atoms with Crippen molar-refractivity contribution in [2.45, 2.75) is 25.1 Å². The summed E-state index contributed by atoms with van der Waals surface area (Å²) in [5, 5.41) is 37.4. The zero-order valence-electron chi connectivity index (χ0n) is 12.5. The van der Waals surface area contributed by atoms with Crippen molar-refractivity contribution in [3.63, 3.8) is 0 Å². The number of aliphatic hydroxyl groups excluding tert-OH is 1. The van der Waals surface area contributed by atoms with Gasteiger partial charge in [-0.15, -0.1) is 0 Å². The zero-order chi connectivity index (χ0) is 16.5. The topological polar surface area (TPSA) is 116 Å². The molecule has 0 fully saturated rings. The van der Waals surface area contributed by atoms with Crippen LogP contribution in [-0.4, -0.2) is 61.8 Å². The molecule has 7 nitrogen and oxygen atoms in total. The average molecular weight is 330 g/mol. The largest absolute Gasteiger partial charge is 0.504 e. The fourth-order valence-electron chi connectivity index (χ4n) is 1.70. The maximum Gasteiger partial charge on any atom is 0.338 e. The van der Waals surface area contributed by atoms with Crippen LogP contribution in [0.25, 0.3) is 0 Å². The summed E-state index contributed by atoms with van der Waals surface area (Å²) in [6.07, 6.45) is 0.0310. The number of aromatic hydroxyl groups is 3. The third-order valence-electron chi connectivity index (χ3n) is 2.91. The van der Waals surface area contributed by atoms with Gasteiger partial charge in [-0.3, -0.25) is 0 Å². The normalized spacial score (nSPS) is 12.6. The number of phenolic OH excluding ortho intramolecular Hbond substituents is 3. The van der Waals surface area contributed by atoms with E-state index >= 15 is 0 Å². The van der Waals surface area contributed by atoms with E-state index in [4.69, 9.17) is 9.47 Å². The van der Waals surface area contributed by atoms with Crippen LogP contribution in [0.5, 0.6) is 17.2 Å².